The number of rotatable bonds is 4. The summed E-state index contributed by atoms with van der Waals surface area (Å²) >= 11 is 0. The van der Waals surface area contributed by atoms with Crippen molar-refractivity contribution in [3.05, 3.63) is 59.4 Å². The lowest BCUT2D eigenvalue weighted by Crippen LogP contribution is -2.35. The molecule has 1 amide bonds. The Morgan fingerprint density at radius 2 is 2.08 bits per heavy atom. The SMILES string of the molecule is Cc1cccc(CCN2CCCN(C(=O)c3cncc(F)c3)CC2)n1. The van der Waals surface area contributed by atoms with Crippen LogP contribution in [0.3, 0.4) is 0 Å². The van der Waals surface area contributed by atoms with E-state index in [1.165, 1.54) is 12.3 Å². The van der Waals surface area contributed by atoms with E-state index in [9.17, 15) is 9.18 Å². The Balaban J connectivity index is 1.54. The van der Waals surface area contributed by atoms with E-state index in [1.807, 2.05) is 19.1 Å². The molecule has 0 unspecified atom stereocenters. The number of pyridine rings is 2. The fraction of sp³-hybridized carbons (Fsp3) is 0.421. The third-order valence-corrected chi connectivity index (χ3v) is 4.46. The lowest BCUT2D eigenvalue weighted by Gasteiger charge is -2.22. The van der Waals surface area contributed by atoms with Crippen LogP contribution in [0.15, 0.2) is 36.7 Å². The molecule has 3 rings (SSSR count). The molecule has 5 nitrogen and oxygen atoms in total. The van der Waals surface area contributed by atoms with Gasteiger partial charge in [-0.15, -0.1) is 0 Å². The number of amides is 1. The van der Waals surface area contributed by atoms with E-state index >= 15 is 0 Å². The third kappa shape index (κ3) is 4.82. The number of carbonyl (C=O) groups excluding carboxylic acids is 1. The van der Waals surface area contributed by atoms with Crippen LogP contribution in [-0.2, 0) is 6.42 Å². The number of halogens is 1. The van der Waals surface area contributed by atoms with Crippen molar-refractivity contribution in [3.8, 4) is 0 Å². The summed E-state index contributed by atoms with van der Waals surface area (Å²) in [6.07, 6.45) is 4.36. The molecule has 3 heterocycles. The number of nitrogens with zero attached hydrogens (tertiary/aromatic N) is 4. The maximum atomic E-state index is 13.3. The number of carbonyl (C=O) groups is 1. The van der Waals surface area contributed by atoms with Crippen molar-refractivity contribution < 1.29 is 9.18 Å². The van der Waals surface area contributed by atoms with Gasteiger partial charge < -0.3 is 9.80 Å². The molecular formula is C19H23FN4O. The normalized spacial score (nSPS) is 15.8. The van der Waals surface area contributed by atoms with Crippen molar-refractivity contribution >= 4 is 5.91 Å². The molecule has 2 aromatic heterocycles. The van der Waals surface area contributed by atoms with Gasteiger partial charge in [-0.05, 0) is 38.1 Å². The quantitative estimate of drug-likeness (QED) is 0.856. The Kier molecular flexibility index (Phi) is 5.71. The van der Waals surface area contributed by atoms with E-state index in [4.69, 9.17) is 0 Å². The summed E-state index contributed by atoms with van der Waals surface area (Å²) in [6, 6.07) is 7.34. The molecule has 2 aromatic rings. The van der Waals surface area contributed by atoms with E-state index in [1.54, 1.807) is 4.90 Å². The molecule has 0 saturated carbocycles. The average molecular weight is 342 g/mol. The van der Waals surface area contributed by atoms with Crippen molar-refractivity contribution in [2.24, 2.45) is 0 Å². The van der Waals surface area contributed by atoms with E-state index in [0.717, 1.165) is 50.1 Å². The topological polar surface area (TPSA) is 49.3 Å². The summed E-state index contributed by atoms with van der Waals surface area (Å²) in [5.74, 6) is -0.623. The van der Waals surface area contributed by atoms with Crippen LogP contribution < -0.4 is 0 Å². The molecule has 1 fully saturated rings. The summed E-state index contributed by atoms with van der Waals surface area (Å²) in [5.41, 5.74) is 2.45. The second-order valence-corrected chi connectivity index (χ2v) is 6.40. The Labute approximate surface area is 147 Å². The number of hydrogen-bond acceptors (Lipinski definition) is 4. The molecule has 0 aromatic carbocycles. The molecule has 0 radical (unpaired) electrons. The first-order valence-electron chi connectivity index (χ1n) is 8.66. The summed E-state index contributed by atoms with van der Waals surface area (Å²) in [7, 11) is 0. The van der Waals surface area contributed by atoms with Crippen LogP contribution in [-0.4, -0.2) is 58.4 Å². The van der Waals surface area contributed by atoms with Gasteiger partial charge >= 0.3 is 0 Å². The third-order valence-electron chi connectivity index (χ3n) is 4.46. The molecule has 0 bridgehead atoms. The zero-order valence-electron chi connectivity index (χ0n) is 14.5. The van der Waals surface area contributed by atoms with Crippen LogP contribution in [0.5, 0.6) is 0 Å². The lowest BCUT2D eigenvalue weighted by molar-refractivity contribution is 0.0760. The molecule has 0 N–H and O–H groups in total. The number of aromatic nitrogens is 2. The monoisotopic (exact) mass is 342 g/mol. The van der Waals surface area contributed by atoms with Gasteiger partial charge in [0.1, 0.15) is 5.82 Å². The minimum absolute atomic E-state index is 0.144. The minimum Gasteiger partial charge on any atom is -0.337 e. The first-order valence-corrected chi connectivity index (χ1v) is 8.66. The maximum Gasteiger partial charge on any atom is 0.255 e. The van der Waals surface area contributed by atoms with Crippen molar-refractivity contribution in [2.45, 2.75) is 19.8 Å². The molecule has 1 aliphatic heterocycles. The van der Waals surface area contributed by atoms with Gasteiger partial charge in [-0.25, -0.2) is 4.39 Å². The molecule has 132 valence electrons. The van der Waals surface area contributed by atoms with Crippen molar-refractivity contribution in [1.29, 1.82) is 0 Å². The Bertz CT molecular complexity index is 737. The first-order chi connectivity index (χ1) is 12.1. The van der Waals surface area contributed by atoms with Crippen molar-refractivity contribution in [2.75, 3.05) is 32.7 Å². The maximum absolute atomic E-state index is 13.3. The van der Waals surface area contributed by atoms with Crippen LogP contribution in [0, 0.1) is 12.7 Å². The zero-order valence-corrected chi connectivity index (χ0v) is 14.5. The van der Waals surface area contributed by atoms with E-state index in [0.29, 0.717) is 18.7 Å². The highest BCUT2D eigenvalue weighted by molar-refractivity contribution is 5.93. The number of aryl methyl sites for hydroxylation is 1. The van der Waals surface area contributed by atoms with Crippen LogP contribution >= 0.6 is 0 Å². The molecule has 6 heteroatoms. The molecule has 1 saturated heterocycles. The Morgan fingerprint density at radius 1 is 1.20 bits per heavy atom. The summed E-state index contributed by atoms with van der Waals surface area (Å²) < 4.78 is 13.3. The van der Waals surface area contributed by atoms with E-state index in [2.05, 4.69) is 20.9 Å². The fourth-order valence-electron chi connectivity index (χ4n) is 3.12. The zero-order chi connectivity index (χ0) is 17.6. The van der Waals surface area contributed by atoms with Gasteiger partial charge in [-0.1, -0.05) is 6.07 Å². The highest BCUT2D eigenvalue weighted by Crippen LogP contribution is 2.10. The van der Waals surface area contributed by atoms with E-state index in [-0.39, 0.29) is 5.91 Å². The van der Waals surface area contributed by atoms with E-state index < -0.39 is 5.82 Å². The lowest BCUT2D eigenvalue weighted by atomic mass is 10.2. The molecule has 0 atom stereocenters. The molecule has 0 aliphatic carbocycles. The van der Waals surface area contributed by atoms with Crippen LogP contribution in [0.4, 0.5) is 4.39 Å². The standard InChI is InChI=1S/C19H23FN4O/c1-15-4-2-5-18(22-15)6-9-23-7-3-8-24(11-10-23)19(25)16-12-17(20)14-21-13-16/h2,4-5,12-14H,3,6-11H2,1H3. The minimum atomic E-state index is -0.479. The van der Waals surface area contributed by atoms with Crippen LogP contribution in [0.1, 0.15) is 28.2 Å². The summed E-state index contributed by atoms with van der Waals surface area (Å²) in [6.45, 7) is 6.04. The Hall–Kier alpha value is -2.34. The highest BCUT2D eigenvalue weighted by atomic mass is 19.1. The number of hydrogen-bond donors (Lipinski definition) is 0. The molecule has 0 spiro atoms. The van der Waals surface area contributed by atoms with Gasteiger partial charge in [0, 0.05) is 50.2 Å². The predicted octanol–water partition coefficient (Wildman–Crippen LogP) is 2.31. The second kappa shape index (κ2) is 8.16. The van der Waals surface area contributed by atoms with Gasteiger partial charge in [-0.3, -0.25) is 14.8 Å². The summed E-state index contributed by atoms with van der Waals surface area (Å²) in [5, 5.41) is 0. The smallest absolute Gasteiger partial charge is 0.255 e. The molecule has 25 heavy (non-hydrogen) atoms. The molecule has 1 aliphatic rings. The van der Waals surface area contributed by atoms with Gasteiger partial charge in [-0.2, -0.15) is 0 Å². The van der Waals surface area contributed by atoms with Crippen molar-refractivity contribution in [3.63, 3.8) is 0 Å². The van der Waals surface area contributed by atoms with Crippen molar-refractivity contribution in [1.82, 2.24) is 19.8 Å². The second-order valence-electron chi connectivity index (χ2n) is 6.40. The van der Waals surface area contributed by atoms with Crippen LogP contribution in [0.25, 0.3) is 0 Å². The summed E-state index contributed by atoms with van der Waals surface area (Å²) in [4.78, 5) is 25.0. The van der Waals surface area contributed by atoms with Crippen LogP contribution in [0.2, 0.25) is 0 Å². The van der Waals surface area contributed by atoms with Gasteiger partial charge in [0.15, 0.2) is 0 Å². The largest absolute Gasteiger partial charge is 0.337 e. The van der Waals surface area contributed by atoms with Gasteiger partial charge in [0.05, 0.1) is 11.8 Å². The van der Waals surface area contributed by atoms with Gasteiger partial charge in [0.2, 0.25) is 0 Å². The first kappa shape index (κ1) is 17.5. The molecular weight excluding hydrogens is 319 g/mol. The van der Waals surface area contributed by atoms with Gasteiger partial charge in [0.25, 0.3) is 5.91 Å². The average Bonchev–Trinajstić information content (AvgIpc) is 2.85. The predicted molar refractivity (Wildman–Crippen MR) is 93.8 cm³/mol. The Morgan fingerprint density at radius 3 is 2.88 bits per heavy atom. The fourth-order valence-corrected chi connectivity index (χ4v) is 3.12. The highest BCUT2D eigenvalue weighted by Gasteiger charge is 2.20.